The van der Waals surface area contributed by atoms with Crippen molar-refractivity contribution in [1.29, 1.82) is 0 Å². The van der Waals surface area contributed by atoms with Crippen molar-refractivity contribution in [1.82, 2.24) is 9.80 Å². The van der Waals surface area contributed by atoms with Crippen LogP contribution in [0.2, 0.25) is 0 Å². The number of aliphatic hydroxyl groups is 1. The van der Waals surface area contributed by atoms with E-state index in [1.807, 2.05) is 43.3 Å². The van der Waals surface area contributed by atoms with Gasteiger partial charge in [0.1, 0.15) is 17.3 Å². The van der Waals surface area contributed by atoms with Gasteiger partial charge < -0.3 is 24.2 Å². The fourth-order valence-electron chi connectivity index (χ4n) is 5.27. The Morgan fingerprint density at radius 3 is 2.27 bits per heavy atom. The number of ether oxygens (including phenoxy) is 3. The van der Waals surface area contributed by atoms with Crippen LogP contribution in [0.3, 0.4) is 0 Å². The maximum Gasteiger partial charge on any atom is 0.295 e. The van der Waals surface area contributed by atoms with Gasteiger partial charge in [0.2, 0.25) is 0 Å². The number of benzene rings is 2. The molecule has 1 N–H and O–H groups in total. The monoisotopic (exact) mass is 564 g/mol. The Bertz CT molecular complexity index is 1200. The van der Waals surface area contributed by atoms with Crippen molar-refractivity contribution in [3.8, 4) is 11.5 Å². The minimum Gasteiger partial charge on any atom is -0.507 e. The number of aliphatic hydroxyl groups excluding tert-OH is 1. The molecule has 2 fully saturated rings. The Balaban J connectivity index is 1.63. The van der Waals surface area contributed by atoms with Gasteiger partial charge in [0.15, 0.2) is 0 Å². The Morgan fingerprint density at radius 1 is 0.927 bits per heavy atom. The van der Waals surface area contributed by atoms with E-state index in [0.29, 0.717) is 45.0 Å². The van der Waals surface area contributed by atoms with Crippen LogP contribution in [0.1, 0.15) is 68.7 Å². The number of morpholine rings is 1. The van der Waals surface area contributed by atoms with Gasteiger partial charge in [-0.05, 0) is 67.6 Å². The first-order valence-electron chi connectivity index (χ1n) is 15.0. The summed E-state index contributed by atoms with van der Waals surface area (Å²) in [7, 11) is 0. The summed E-state index contributed by atoms with van der Waals surface area (Å²) in [5.41, 5.74) is 2.22. The average Bonchev–Trinajstić information content (AvgIpc) is 3.24. The zero-order valence-corrected chi connectivity index (χ0v) is 24.7. The maximum absolute atomic E-state index is 13.5. The number of rotatable bonds is 14. The number of carbonyl (C=O) groups is 2. The van der Waals surface area contributed by atoms with Crippen LogP contribution in [0.15, 0.2) is 48.0 Å². The summed E-state index contributed by atoms with van der Waals surface area (Å²) < 4.78 is 17.2. The summed E-state index contributed by atoms with van der Waals surface area (Å²) in [5.74, 6) is 0.0613. The van der Waals surface area contributed by atoms with E-state index in [-0.39, 0.29) is 11.3 Å². The molecule has 222 valence electrons. The van der Waals surface area contributed by atoms with Gasteiger partial charge in [0.25, 0.3) is 11.7 Å². The second-order valence-electron chi connectivity index (χ2n) is 10.8. The molecule has 1 amide bonds. The van der Waals surface area contributed by atoms with Crippen LogP contribution >= 0.6 is 0 Å². The molecule has 4 rings (SSSR count). The molecule has 2 aromatic carbocycles. The van der Waals surface area contributed by atoms with E-state index in [2.05, 4.69) is 18.7 Å². The summed E-state index contributed by atoms with van der Waals surface area (Å²) in [5, 5.41) is 11.5. The van der Waals surface area contributed by atoms with Gasteiger partial charge in [-0.3, -0.25) is 14.5 Å². The second kappa shape index (κ2) is 15.0. The van der Waals surface area contributed by atoms with Crippen LogP contribution in [-0.4, -0.2) is 79.2 Å². The number of hydrogen-bond acceptors (Lipinski definition) is 7. The SMILES string of the molecule is CCCCOc1ccc(C2/C(=C(\O)c3ccc(OCCCC)c(C)c3)C(=O)C(=O)N2CCCN2CCOCC2)cc1. The number of ketones is 1. The molecule has 0 aromatic heterocycles. The normalized spacial score (nSPS) is 19.1. The number of hydrogen-bond donors (Lipinski definition) is 1. The summed E-state index contributed by atoms with van der Waals surface area (Å²) >= 11 is 0. The van der Waals surface area contributed by atoms with Crippen LogP contribution in [0.5, 0.6) is 11.5 Å². The van der Waals surface area contributed by atoms with Gasteiger partial charge in [-0.15, -0.1) is 0 Å². The Hall–Kier alpha value is -3.36. The Kier molecular flexibility index (Phi) is 11.2. The first kappa shape index (κ1) is 30.6. The Labute approximate surface area is 243 Å². The van der Waals surface area contributed by atoms with E-state index in [0.717, 1.165) is 67.9 Å². The van der Waals surface area contributed by atoms with Crippen molar-refractivity contribution in [3.05, 3.63) is 64.7 Å². The lowest BCUT2D eigenvalue weighted by molar-refractivity contribution is -0.140. The first-order valence-corrected chi connectivity index (χ1v) is 15.0. The lowest BCUT2D eigenvalue weighted by atomic mass is 9.94. The van der Waals surface area contributed by atoms with E-state index in [1.165, 1.54) is 0 Å². The third kappa shape index (κ3) is 7.68. The molecule has 0 aliphatic carbocycles. The van der Waals surface area contributed by atoms with E-state index in [1.54, 1.807) is 11.0 Å². The smallest absolute Gasteiger partial charge is 0.295 e. The van der Waals surface area contributed by atoms with Crippen LogP contribution in [0.4, 0.5) is 0 Å². The van der Waals surface area contributed by atoms with Gasteiger partial charge in [0.05, 0.1) is 38.0 Å². The lowest BCUT2D eigenvalue weighted by Crippen LogP contribution is -2.38. The topological polar surface area (TPSA) is 88.5 Å². The molecule has 2 heterocycles. The molecule has 0 bridgehead atoms. The predicted octanol–water partition coefficient (Wildman–Crippen LogP) is 5.50. The second-order valence-corrected chi connectivity index (χ2v) is 10.8. The number of nitrogens with zero attached hydrogens (tertiary/aromatic N) is 2. The third-order valence-corrected chi connectivity index (χ3v) is 7.68. The Morgan fingerprint density at radius 2 is 1.61 bits per heavy atom. The zero-order valence-electron chi connectivity index (χ0n) is 24.7. The molecule has 2 aliphatic rings. The highest BCUT2D eigenvalue weighted by atomic mass is 16.5. The highest BCUT2D eigenvalue weighted by molar-refractivity contribution is 6.46. The molecule has 1 unspecified atom stereocenters. The highest BCUT2D eigenvalue weighted by Gasteiger charge is 2.45. The fourth-order valence-corrected chi connectivity index (χ4v) is 5.27. The van der Waals surface area contributed by atoms with Gasteiger partial charge in [-0.1, -0.05) is 38.8 Å². The highest BCUT2D eigenvalue weighted by Crippen LogP contribution is 2.40. The molecule has 2 aromatic rings. The van der Waals surface area contributed by atoms with Crippen LogP contribution < -0.4 is 9.47 Å². The molecule has 41 heavy (non-hydrogen) atoms. The average molecular weight is 565 g/mol. The molecule has 2 aliphatic heterocycles. The van der Waals surface area contributed by atoms with Crippen molar-refractivity contribution in [2.75, 3.05) is 52.6 Å². The quantitative estimate of drug-likeness (QED) is 0.140. The summed E-state index contributed by atoms with van der Waals surface area (Å²) in [4.78, 5) is 30.8. The van der Waals surface area contributed by atoms with Crippen LogP contribution in [-0.2, 0) is 14.3 Å². The van der Waals surface area contributed by atoms with Crippen molar-refractivity contribution in [2.24, 2.45) is 0 Å². The van der Waals surface area contributed by atoms with E-state index in [9.17, 15) is 14.7 Å². The molecular weight excluding hydrogens is 520 g/mol. The standard InChI is InChI=1S/C33H44N2O6/c1-4-6-19-40-27-12-9-25(10-13-27)30-29(31(36)26-11-14-28(24(3)23-26)41-20-7-5-2)32(37)33(38)35(30)16-8-15-34-17-21-39-22-18-34/h9-14,23,30,36H,4-8,15-22H2,1-3H3/b31-29+. The van der Waals surface area contributed by atoms with Gasteiger partial charge in [-0.25, -0.2) is 0 Å². The fraction of sp³-hybridized carbons (Fsp3) is 0.515. The van der Waals surface area contributed by atoms with Gasteiger partial charge in [-0.2, -0.15) is 0 Å². The minimum atomic E-state index is -0.690. The maximum atomic E-state index is 13.5. The molecule has 2 saturated heterocycles. The minimum absolute atomic E-state index is 0.111. The van der Waals surface area contributed by atoms with Gasteiger partial charge >= 0.3 is 0 Å². The number of carbonyl (C=O) groups excluding carboxylic acids is 2. The lowest BCUT2D eigenvalue weighted by Gasteiger charge is -2.29. The number of amides is 1. The molecule has 1 atom stereocenters. The number of aryl methyl sites for hydroxylation is 1. The largest absolute Gasteiger partial charge is 0.507 e. The van der Waals surface area contributed by atoms with Crippen LogP contribution in [0, 0.1) is 6.92 Å². The van der Waals surface area contributed by atoms with Crippen LogP contribution in [0.25, 0.3) is 5.76 Å². The summed E-state index contributed by atoms with van der Waals surface area (Å²) in [6, 6.07) is 12.2. The molecule has 8 nitrogen and oxygen atoms in total. The molecular formula is C33H44N2O6. The molecule has 8 heteroatoms. The summed E-state index contributed by atoms with van der Waals surface area (Å²) in [6.07, 6.45) is 4.72. The zero-order chi connectivity index (χ0) is 29.2. The number of likely N-dealkylation sites (tertiary alicyclic amines) is 1. The van der Waals surface area contributed by atoms with Crippen molar-refractivity contribution in [3.63, 3.8) is 0 Å². The number of Topliss-reactive ketones (excluding diaryl/α,β-unsaturated/α-hetero) is 1. The van der Waals surface area contributed by atoms with Crippen molar-refractivity contribution in [2.45, 2.75) is 58.9 Å². The molecule has 0 spiro atoms. The predicted molar refractivity (Wildman–Crippen MR) is 159 cm³/mol. The van der Waals surface area contributed by atoms with Gasteiger partial charge in [0, 0.05) is 31.7 Å². The first-order chi connectivity index (χ1) is 19.9. The van der Waals surface area contributed by atoms with E-state index < -0.39 is 17.7 Å². The summed E-state index contributed by atoms with van der Waals surface area (Å²) in [6.45, 7) is 11.7. The molecule has 0 saturated carbocycles. The molecule has 0 radical (unpaired) electrons. The van der Waals surface area contributed by atoms with E-state index in [4.69, 9.17) is 14.2 Å². The number of unbranched alkanes of at least 4 members (excludes halogenated alkanes) is 2. The van der Waals surface area contributed by atoms with Crippen molar-refractivity contribution >= 4 is 17.4 Å². The third-order valence-electron chi connectivity index (χ3n) is 7.68. The van der Waals surface area contributed by atoms with E-state index >= 15 is 0 Å². The van der Waals surface area contributed by atoms with Crippen molar-refractivity contribution < 1.29 is 28.9 Å².